The van der Waals surface area contributed by atoms with E-state index in [0.717, 1.165) is 24.5 Å². The molecule has 0 aromatic heterocycles. The van der Waals surface area contributed by atoms with Crippen molar-refractivity contribution in [2.24, 2.45) is 0 Å². The molecule has 154 valence electrons. The smallest absolute Gasteiger partial charge is 0.238 e. The van der Waals surface area contributed by atoms with E-state index in [4.69, 9.17) is 0 Å². The zero-order chi connectivity index (χ0) is 17.9. The number of rotatable bonds is 7. The van der Waals surface area contributed by atoms with E-state index in [1.807, 2.05) is 31.3 Å². The first-order valence-electron chi connectivity index (χ1n) is 9.24. The molecule has 0 aliphatic carbocycles. The maximum atomic E-state index is 12.2. The highest BCUT2D eigenvalue weighted by Crippen LogP contribution is 2.14. The van der Waals surface area contributed by atoms with E-state index in [1.54, 1.807) is 0 Å². The highest BCUT2D eigenvalue weighted by molar-refractivity contribution is 5.93. The van der Waals surface area contributed by atoms with Crippen LogP contribution in [0.15, 0.2) is 24.3 Å². The number of likely N-dealkylation sites (tertiary alicyclic amines) is 1. The quantitative estimate of drug-likeness (QED) is 0.634. The Morgan fingerprint density at radius 2 is 1.33 bits per heavy atom. The van der Waals surface area contributed by atoms with Gasteiger partial charge in [0.2, 0.25) is 11.8 Å². The zero-order valence-corrected chi connectivity index (χ0v) is 17.6. The molecule has 3 N–H and O–H groups in total. The van der Waals surface area contributed by atoms with Crippen LogP contribution in [0.2, 0.25) is 0 Å². The zero-order valence-electron chi connectivity index (χ0n) is 16.0. The number of nitrogens with one attached hydrogen (secondary N) is 3. The van der Waals surface area contributed by atoms with Gasteiger partial charge in [-0.15, -0.1) is 24.8 Å². The number of hydrogen-bond donors (Lipinski definition) is 3. The van der Waals surface area contributed by atoms with E-state index in [0.29, 0.717) is 19.5 Å². The van der Waals surface area contributed by atoms with Gasteiger partial charge in [-0.25, -0.2) is 0 Å². The van der Waals surface area contributed by atoms with Gasteiger partial charge in [0, 0.05) is 24.3 Å². The van der Waals surface area contributed by atoms with Gasteiger partial charge >= 0.3 is 0 Å². The second-order valence-corrected chi connectivity index (χ2v) is 6.57. The molecule has 0 saturated carbocycles. The third-order valence-corrected chi connectivity index (χ3v) is 4.37. The van der Waals surface area contributed by atoms with E-state index in [9.17, 15) is 9.59 Å². The maximum absolute atomic E-state index is 12.2. The van der Waals surface area contributed by atoms with Gasteiger partial charge < -0.3 is 16.0 Å². The van der Waals surface area contributed by atoms with Gasteiger partial charge in [0.15, 0.2) is 0 Å². The van der Waals surface area contributed by atoms with Gasteiger partial charge in [-0.2, -0.15) is 0 Å². The molecule has 2 amide bonds. The van der Waals surface area contributed by atoms with E-state index in [1.165, 1.54) is 32.1 Å². The van der Waals surface area contributed by atoms with Crippen molar-refractivity contribution in [1.29, 1.82) is 0 Å². The fraction of sp³-hybridized carbons (Fsp3) is 0.579. The summed E-state index contributed by atoms with van der Waals surface area (Å²) in [6, 6.07) is 7.25. The molecular formula is C19H32Cl2N4O2. The third-order valence-electron chi connectivity index (χ3n) is 4.37. The van der Waals surface area contributed by atoms with E-state index < -0.39 is 0 Å². The Labute approximate surface area is 174 Å². The average Bonchev–Trinajstić information content (AvgIpc) is 2.57. The molecule has 8 heteroatoms. The molecule has 1 fully saturated rings. The first-order valence-corrected chi connectivity index (χ1v) is 9.24. The van der Waals surface area contributed by atoms with E-state index in [-0.39, 0.29) is 36.6 Å². The van der Waals surface area contributed by atoms with Crippen LogP contribution in [0, 0.1) is 0 Å². The van der Waals surface area contributed by atoms with Crippen molar-refractivity contribution in [3.05, 3.63) is 24.3 Å². The second-order valence-electron chi connectivity index (χ2n) is 6.57. The highest BCUT2D eigenvalue weighted by Gasteiger charge is 2.12. The van der Waals surface area contributed by atoms with Crippen LogP contribution in [0.3, 0.4) is 0 Å². The summed E-state index contributed by atoms with van der Waals surface area (Å²) < 4.78 is 0. The van der Waals surface area contributed by atoms with Crippen molar-refractivity contribution in [2.45, 2.75) is 38.5 Å². The molecule has 0 atom stereocenters. The van der Waals surface area contributed by atoms with Crippen LogP contribution >= 0.6 is 24.8 Å². The summed E-state index contributed by atoms with van der Waals surface area (Å²) in [4.78, 5) is 26.2. The van der Waals surface area contributed by atoms with Gasteiger partial charge in [-0.05, 0) is 57.2 Å². The standard InChI is InChI=1S/C19H30N4O2.2ClH/c1-20-12-11-18(24)21-16-7-9-17(10-8-16)22-19(25)15-23-13-5-3-2-4-6-14-23;;/h7-10,20H,2-6,11-15H2,1H3,(H,21,24)(H,22,25);2*1H. The Kier molecular flexibility index (Phi) is 14.0. The Morgan fingerprint density at radius 3 is 1.85 bits per heavy atom. The van der Waals surface area contributed by atoms with E-state index in [2.05, 4.69) is 20.9 Å². The number of anilines is 2. The number of nitrogens with zero attached hydrogens (tertiary/aromatic N) is 1. The molecule has 0 spiro atoms. The van der Waals surface area contributed by atoms with E-state index >= 15 is 0 Å². The van der Waals surface area contributed by atoms with Crippen molar-refractivity contribution in [2.75, 3.05) is 43.9 Å². The van der Waals surface area contributed by atoms with Gasteiger partial charge in [0.25, 0.3) is 0 Å². The first kappa shape index (κ1) is 25.7. The lowest BCUT2D eigenvalue weighted by molar-refractivity contribution is -0.117. The summed E-state index contributed by atoms with van der Waals surface area (Å²) in [6.07, 6.45) is 6.63. The fourth-order valence-electron chi connectivity index (χ4n) is 2.97. The predicted octanol–water partition coefficient (Wildman–Crippen LogP) is 3.28. The number of benzene rings is 1. The molecule has 1 aliphatic rings. The molecular weight excluding hydrogens is 387 g/mol. The average molecular weight is 419 g/mol. The fourth-order valence-corrected chi connectivity index (χ4v) is 2.97. The molecule has 0 bridgehead atoms. The molecule has 2 rings (SSSR count). The SMILES string of the molecule is CNCCC(=O)Nc1ccc(NC(=O)CN2CCCCCCC2)cc1.Cl.Cl. The summed E-state index contributed by atoms with van der Waals surface area (Å²) in [5.41, 5.74) is 1.49. The molecule has 0 radical (unpaired) electrons. The van der Waals surface area contributed by atoms with Crippen LogP contribution in [0.1, 0.15) is 38.5 Å². The van der Waals surface area contributed by atoms with Crippen molar-refractivity contribution >= 4 is 48.0 Å². The molecule has 0 unspecified atom stereocenters. The van der Waals surface area contributed by atoms with Crippen LogP contribution < -0.4 is 16.0 Å². The molecule has 27 heavy (non-hydrogen) atoms. The lowest BCUT2D eigenvalue weighted by Gasteiger charge is -2.23. The number of halogens is 2. The summed E-state index contributed by atoms with van der Waals surface area (Å²) in [7, 11) is 1.82. The molecule has 1 aromatic rings. The Hall–Kier alpha value is -1.34. The lowest BCUT2D eigenvalue weighted by atomic mass is 10.1. The van der Waals surface area contributed by atoms with Gasteiger partial charge in [-0.1, -0.05) is 19.3 Å². The van der Waals surface area contributed by atoms with Gasteiger partial charge in [0.1, 0.15) is 0 Å². The third kappa shape index (κ3) is 10.5. The van der Waals surface area contributed by atoms with Crippen molar-refractivity contribution in [1.82, 2.24) is 10.2 Å². The Morgan fingerprint density at radius 1 is 0.852 bits per heavy atom. The molecule has 6 nitrogen and oxygen atoms in total. The first-order chi connectivity index (χ1) is 12.2. The van der Waals surface area contributed by atoms with Crippen molar-refractivity contribution in [3.8, 4) is 0 Å². The van der Waals surface area contributed by atoms with Gasteiger partial charge in [-0.3, -0.25) is 14.5 Å². The predicted molar refractivity (Wildman–Crippen MR) is 116 cm³/mol. The van der Waals surface area contributed by atoms with Crippen LogP contribution in [-0.2, 0) is 9.59 Å². The summed E-state index contributed by atoms with van der Waals surface area (Å²) in [6.45, 7) is 3.11. The Bertz CT molecular complexity index is 547. The lowest BCUT2D eigenvalue weighted by Crippen LogP contribution is -2.35. The molecule has 1 aromatic carbocycles. The maximum Gasteiger partial charge on any atom is 0.238 e. The van der Waals surface area contributed by atoms with Crippen molar-refractivity contribution < 1.29 is 9.59 Å². The minimum absolute atomic E-state index is 0. The largest absolute Gasteiger partial charge is 0.326 e. The topological polar surface area (TPSA) is 73.5 Å². The number of amides is 2. The molecule has 1 saturated heterocycles. The van der Waals surface area contributed by atoms with Crippen LogP contribution in [-0.4, -0.2) is 49.9 Å². The number of carbonyl (C=O) groups excluding carboxylic acids is 2. The summed E-state index contributed by atoms with van der Waals surface area (Å²) >= 11 is 0. The van der Waals surface area contributed by atoms with Crippen LogP contribution in [0.25, 0.3) is 0 Å². The normalized spacial score (nSPS) is 14.7. The van der Waals surface area contributed by atoms with Crippen LogP contribution in [0.4, 0.5) is 11.4 Å². The Balaban J connectivity index is 0.00000338. The minimum Gasteiger partial charge on any atom is -0.326 e. The number of hydrogen-bond acceptors (Lipinski definition) is 4. The summed E-state index contributed by atoms with van der Waals surface area (Å²) in [5, 5.41) is 8.72. The van der Waals surface area contributed by atoms with Gasteiger partial charge in [0.05, 0.1) is 6.54 Å². The minimum atomic E-state index is -0.0248. The molecule has 1 aliphatic heterocycles. The molecule has 1 heterocycles. The summed E-state index contributed by atoms with van der Waals surface area (Å²) in [5.74, 6) is -0.00500. The highest BCUT2D eigenvalue weighted by atomic mass is 35.5. The second kappa shape index (κ2) is 14.7. The number of carbonyl (C=O) groups is 2. The monoisotopic (exact) mass is 418 g/mol. The van der Waals surface area contributed by atoms with Crippen LogP contribution in [0.5, 0.6) is 0 Å². The van der Waals surface area contributed by atoms with Crippen molar-refractivity contribution in [3.63, 3.8) is 0 Å².